The van der Waals surface area contributed by atoms with Crippen LogP contribution in [-0.4, -0.2) is 4.98 Å². The maximum atomic E-state index is 4.51. The zero-order valence-electron chi connectivity index (χ0n) is 12.5. The number of nitrogens with zero attached hydrogens (tertiary/aromatic N) is 1. The van der Waals surface area contributed by atoms with Crippen LogP contribution in [-0.2, 0) is 0 Å². The van der Waals surface area contributed by atoms with Crippen LogP contribution in [0.25, 0.3) is 10.9 Å². The van der Waals surface area contributed by atoms with Crippen molar-refractivity contribution in [1.82, 2.24) is 4.98 Å². The number of para-hydroxylation sites is 1. The third kappa shape index (κ3) is 2.89. The van der Waals surface area contributed by atoms with Gasteiger partial charge < -0.3 is 5.32 Å². The molecule has 2 heteroatoms. The van der Waals surface area contributed by atoms with Crippen LogP contribution < -0.4 is 5.32 Å². The van der Waals surface area contributed by atoms with Gasteiger partial charge in [-0.3, -0.25) is 4.98 Å². The summed E-state index contributed by atoms with van der Waals surface area (Å²) < 4.78 is 0. The highest BCUT2D eigenvalue weighted by molar-refractivity contribution is 5.90. The summed E-state index contributed by atoms with van der Waals surface area (Å²) in [7, 11) is 0. The number of aromatic nitrogens is 1. The summed E-state index contributed by atoms with van der Waals surface area (Å²) in [6, 6.07) is 19.4. The van der Waals surface area contributed by atoms with Crippen LogP contribution in [0.2, 0.25) is 0 Å². The van der Waals surface area contributed by atoms with Crippen LogP contribution in [0.5, 0.6) is 0 Å². The van der Waals surface area contributed by atoms with Crippen molar-refractivity contribution >= 4 is 16.6 Å². The average molecular weight is 276 g/mol. The maximum absolute atomic E-state index is 4.51. The van der Waals surface area contributed by atoms with Gasteiger partial charge in [0.05, 0.1) is 17.2 Å². The number of nitrogens with one attached hydrogen (secondary N) is 1. The third-order valence-corrected chi connectivity index (χ3v) is 3.85. The quantitative estimate of drug-likeness (QED) is 0.716. The second-order valence-corrected chi connectivity index (χ2v) is 5.40. The molecule has 1 N–H and O–H groups in total. The second kappa shape index (κ2) is 5.96. The molecule has 0 aliphatic heterocycles. The molecule has 1 atom stereocenters. The number of fused-ring (bicyclic) bond motifs is 1. The molecule has 0 aliphatic carbocycles. The molecule has 21 heavy (non-hydrogen) atoms. The van der Waals surface area contributed by atoms with E-state index in [2.05, 4.69) is 72.7 Å². The minimum absolute atomic E-state index is 0.304. The number of hydrogen-bond donors (Lipinski definition) is 1. The van der Waals surface area contributed by atoms with Gasteiger partial charge in [0.2, 0.25) is 0 Å². The van der Waals surface area contributed by atoms with Gasteiger partial charge in [-0.05, 0) is 31.0 Å². The molecule has 0 saturated heterocycles. The van der Waals surface area contributed by atoms with Crippen molar-refractivity contribution in [3.63, 3.8) is 0 Å². The molecular formula is C19H20N2. The van der Waals surface area contributed by atoms with Gasteiger partial charge in [-0.25, -0.2) is 0 Å². The first-order valence-electron chi connectivity index (χ1n) is 7.45. The molecule has 3 rings (SSSR count). The van der Waals surface area contributed by atoms with Crippen LogP contribution in [0, 0.1) is 6.92 Å². The Morgan fingerprint density at radius 2 is 1.76 bits per heavy atom. The van der Waals surface area contributed by atoms with E-state index in [4.69, 9.17) is 0 Å². The molecule has 3 aromatic rings. The predicted octanol–water partition coefficient (Wildman–Crippen LogP) is 5.11. The van der Waals surface area contributed by atoms with Gasteiger partial charge in [0.1, 0.15) is 0 Å². The first-order chi connectivity index (χ1) is 10.3. The van der Waals surface area contributed by atoms with E-state index in [0.29, 0.717) is 6.04 Å². The van der Waals surface area contributed by atoms with Gasteiger partial charge in [0, 0.05) is 11.6 Å². The van der Waals surface area contributed by atoms with Gasteiger partial charge in [-0.15, -0.1) is 0 Å². The lowest BCUT2D eigenvalue weighted by Crippen LogP contribution is -2.10. The normalized spacial score (nSPS) is 12.3. The molecule has 0 bridgehead atoms. The number of hydrogen-bond acceptors (Lipinski definition) is 2. The van der Waals surface area contributed by atoms with Crippen LogP contribution in [0.4, 0.5) is 5.69 Å². The van der Waals surface area contributed by atoms with Gasteiger partial charge in [-0.2, -0.15) is 0 Å². The third-order valence-electron chi connectivity index (χ3n) is 3.85. The molecule has 106 valence electrons. The van der Waals surface area contributed by atoms with E-state index in [1.807, 2.05) is 12.3 Å². The summed E-state index contributed by atoms with van der Waals surface area (Å²) in [6.07, 6.45) is 2.88. The minimum Gasteiger partial charge on any atom is -0.376 e. The molecule has 1 heterocycles. The van der Waals surface area contributed by atoms with Gasteiger partial charge >= 0.3 is 0 Å². The second-order valence-electron chi connectivity index (χ2n) is 5.40. The average Bonchev–Trinajstić information content (AvgIpc) is 2.54. The molecule has 1 unspecified atom stereocenters. The first kappa shape index (κ1) is 13.6. The lowest BCUT2D eigenvalue weighted by Gasteiger charge is -2.20. The molecule has 0 amide bonds. The molecule has 0 saturated carbocycles. The van der Waals surface area contributed by atoms with E-state index in [-0.39, 0.29) is 0 Å². The number of aryl methyl sites for hydroxylation is 1. The topological polar surface area (TPSA) is 24.9 Å². The summed E-state index contributed by atoms with van der Waals surface area (Å²) in [5, 5.41) is 4.81. The molecular weight excluding hydrogens is 256 g/mol. The molecule has 0 fully saturated rings. The Morgan fingerprint density at radius 1 is 1.00 bits per heavy atom. The smallest absolute Gasteiger partial charge is 0.0933 e. The molecule has 2 nitrogen and oxygen atoms in total. The predicted molar refractivity (Wildman–Crippen MR) is 89.6 cm³/mol. The fourth-order valence-electron chi connectivity index (χ4n) is 2.63. The van der Waals surface area contributed by atoms with E-state index >= 15 is 0 Å². The Hall–Kier alpha value is -2.35. The summed E-state index contributed by atoms with van der Waals surface area (Å²) in [4.78, 5) is 4.51. The highest BCUT2D eigenvalue weighted by Gasteiger charge is 2.11. The molecule has 0 radical (unpaired) electrons. The van der Waals surface area contributed by atoms with E-state index in [9.17, 15) is 0 Å². The van der Waals surface area contributed by atoms with Crippen LogP contribution in [0.3, 0.4) is 0 Å². The summed E-state index contributed by atoms with van der Waals surface area (Å²) >= 11 is 0. The SMILES string of the molecule is CCC(Nc1cccc2cccnc12)c1ccc(C)cc1. The largest absolute Gasteiger partial charge is 0.376 e. The number of rotatable bonds is 4. The lowest BCUT2D eigenvalue weighted by atomic mass is 10.0. The van der Waals surface area contributed by atoms with Crippen molar-refractivity contribution < 1.29 is 0 Å². The van der Waals surface area contributed by atoms with Crippen LogP contribution in [0.1, 0.15) is 30.5 Å². The molecule has 2 aromatic carbocycles. The van der Waals surface area contributed by atoms with E-state index in [0.717, 1.165) is 17.6 Å². The standard InChI is InChI=1S/C19H20N2/c1-3-17(15-11-9-14(2)10-12-15)21-18-8-4-6-16-7-5-13-20-19(16)18/h4-13,17,21H,3H2,1-2H3. The van der Waals surface area contributed by atoms with Crippen molar-refractivity contribution in [2.75, 3.05) is 5.32 Å². The Balaban J connectivity index is 1.94. The van der Waals surface area contributed by atoms with E-state index < -0.39 is 0 Å². The van der Waals surface area contributed by atoms with E-state index in [1.54, 1.807) is 0 Å². The monoisotopic (exact) mass is 276 g/mol. The molecule has 1 aromatic heterocycles. The molecule has 0 spiro atoms. The van der Waals surface area contributed by atoms with Crippen molar-refractivity contribution in [1.29, 1.82) is 0 Å². The van der Waals surface area contributed by atoms with E-state index in [1.165, 1.54) is 16.5 Å². The number of pyridine rings is 1. The Bertz CT molecular complexity index is 727. The Labute approximate surface area is 125 Å². The maximum Gasteiger partial charge on any atom is 0.0933 e. The van der Waals surface area contributed by atoms with Gasteiger partial charge in [0.15, 0.2) is 0 Å². The Kier molecular flexibility index (Phi) is 3.87. The van der Waals surface area contributed by atoms with Crippen LogP contribution >= 0.6 is 0 Å². The van der Waals surface area contributed by atoms with Gasteiger partial charge in [0.25, 0.3) is 0 Å². The Morgan fingerprint density at radius 3 is 2.52 bits per heavy atom. The van der Waals surface area contributed by atoms with Crippen molar-refractivity contribution in [3.8, 4) is 0 Å². The first-order valence-corrected chi connectivity index (χ1v) is 7.45. The summed E-state index contributed by atoms with van der Waals surface area (Å²) in [5.74, 6) is 0. The molecule has 0 aliphatic rings. The lowest BCUT2D eigenvalue weighted by molar-refractivity contribution is 0.750. The van der Waals surface area contributed by atoms with Crippen molar-refractivity contribution in [2.24, 2.45) is 0 Å². The van der Waals surface area contributed by atoms with Crippen molar-refractivity contribution in [3.05, 3.63) is 71.9 Å². The highest BCUT2D eigenvalue weighted by atomic mass is 14.9. The zero-order valence-corrected chi connectivity index (χ0v) is 12.5. The number of anilines is 1. The fraction of sp³-hybridized carbons (Fsp3) is 0.211. The van der Waals surface area contributed by atoms with Crippen LogP contribution in [0.15, 0.2) is 60.8 Å². The minimum atomic E-state index is 0.304. The number of benzene rings is 2. The zero-order chi connectivity index (χ0) is 14.7. The fourth-order valence-corrected chi connectivity index (χ4v) is 2.63. The van der Waals surface area contributed by atoms with Crippen molar-refractivity contribution in [2.45, 2.75) is 26.3 Å². The highest BCUT2D eigenvalue weighted by Crippen LogP contribution is 2.27. The van der Waals surface area contributed by atoms with Gasteiger partial charge in [-0.1, -0.05) is 55.0 Å². The summed E-state index contributed by atoms with van der Waals surface area (Å²) in [6.45, 7) is 4.32. The summed E-state index contributed by atoms with van der Waals surface area (Å²) in [5.41, 5.74) is 4.74.